The van der Waals surface area contributed by atoms with Crippen molar-refractivity contribution in [2.45, 2.75) is 51.1 Å². The lowest BCUT2D eigenvalue weighted by Crippen LogP contribution is -2.53. The minimum atomic E-state index is -0.636. The summed E-state index contributed by atoms with van der Waals surface area (Å²) >= 11 is 1.70. The van der Waals surface area contributed by atoms with Gasteiger partial charge in [0, 0.05) is 6.54 Å². The zero-order valence-corrected chi connectivity index (χ0v) is 16.4. The van der Waals surface area contributed by atoms with E-state index < -0.39 is 5.54 Å². The number of hydrogen-bond acceptors (Lipinski definition) is 4. The van der Waals surface area contributed by atoms with Crippen molar-refractivity contribution in [3.63, 3.8) is 0 Å². The van der Waals surface area contributed by atoms with Crippen molar-refractivity contribution < 1.29 is 4.79 Å². The van der Waals surface area contributed by atoms with Crippen molar-refractivity contribution in [2.24, 2.45) is 5.73 Å². The summed E-state index contributed by atoms with van der Waals surface area (Å²) in [6.45, 7) is 6.90. The van der Waals surface area contributed by atoms with Crippen LogP contribution in [0.15, 0.2) is 16.8 Å². The van der Waals surface area contributed by atoms with Gasteiger partial charge in [-0.25, -0.2) is 0 Å². The molecule has 3 N–H and O–H groups in total. The number of carbonyl (C=O) groups excluding carboxylic acids is 1. The summed E-state index contributed by atoms with van der Waals surface area (Å²) in [7, 11) is 0. The molecule has 1 aromatic heterocycles. The number of nitrogens with zero attached hydrogens (tertiary/aromatic N) is 1. The minimum Gasteiger partial charge on any atom is -0.353 e. The topological polar surface area (TPSA) is 58.4 Å². The van der Waals surface area contributed by atoms with Crippen LogP contribution in [0.4, 0.5) is 0 Å². The molecule has 1 fully saturated rings. The smallest absolute Gasteiger partial charge is 0.240 e. The summed E-state index contributed by atoms with van der Waals surface area (Å²) in [5.41, 5.74) is 6.87. The highest BCUT2D eigenvalue weighted by atomic mass is 35.5. The lowest BCUT2D eigenvalue weighted by atomic mass is 9.98. The van der Waals surface area contributed by atoms with Crippen LogP contribution in [0.3, 0.4) is 0 Å². The van der Waals surface area contributed by atoms with Crippen LogP contribution in [0.5, 0.6) is 0 Å². The number of nitrogens with one attached hydrogen (secondary N) is 1. The molecular formula is C16H29Cl2N3OS. The van der Waals surface area contributed by atoms with Gasteiger partial charge in [-0.15, -0.1) is 24.8 Å². The van der Waals surface area contributed by atoms with Crippen LogP contribution in [0.25, 0.3) is 0 Å². The van der Waals surface area contributed by atoms with Gasteiger partial charge in [0.25, 0.3) is 0 Å². The van der Waals surface area contributed by atoms with E-state index in [-0.39, 0.29) is 36.8 Å². The fourth-order valence-corrected chi connectivity index (χ4v) is 3.89. The van der Waals surface area contributed by atoms with Crippen LogP contribution in [-0.4, -0.2) is 36.0 Å². The number of halogens is 2. The predicted molar refractivity (Wildman–Crippen MR) is 103 cm³/mol. The van der Waals surface area contributed by atoms with Crippen molar-refractivity contribution in [3.8, 4) is 0 Å². The summed E-state index contributed by atoms with van der Waals surface area (Å²) in [4.78, 5) is 14.8. The van der Waals surface area contributed by atoms with E-state index in [1.807, 2.05) is 0 Å². The van der Waals surface area contributed by atoms with Gasteiger partial charge < -0.3 is 11.1 Å². The summed E-state index contributed by atoms with van der Waals surface area (Å²) in [6.07, 6.45) is 3.75. The highest BCUT2D eigenvalue weighted by Crippen LogP contribution is 2.28. The molecule has 0 saturated heterocycles. The van der Waals surface area contributed by atoms with Gasteiger partial charge in [-0.3, -0.25) is 9.69 Å². The van der Waals surface area contributed by atoms with Gasteiger partial charge >= 0.3 is 0 Å². The van der Waals surface area contributed by atoms with Crippen LogP contribution in [0, 0.1) is 0 Å². The summed E-state index contributed by atoms with van der Waals surface area (Å²) in [5, 5.41) is 7.36. The van der Waals surface area contributed by atoms with E-state index in [0.717, 1.165) is 38.8 Å². The molecule has 1 aliphatic carbocycles. The summed E-state index contributed by atoms with van der Waals surface area (Å²) in [6, 6.07) is 2.38. The maximum Gasteiger partial charge on any atom is 0.240 e. The van der Waals surface area contributed by atoms with E-state index in [0.29, 0.717) is 6.54 Å². The van der Waals surface area contributed by atoms with Gasteiger partial charge in [-0.2, -0.15) is 11.3 Å². The first kappa shape index (κ1) is 22.7. The number of carbonyl (C=O) groups is 1. The average Bonchev–Trinajstić information content (AvgIpc) is 3.15. The van der Waals surface area contributed by atoms with Crippen molar-refractivity contribution in [1.82, 2.24) is 10.2 Å². The van der Waals surface area contributed by atoms with Crippen LogP contribution in [0.2, 0.25) is 0 Å². The van der Waals surface area contributed by atoms with Gasteiger partial charge in [0.05, 0.1) is 11.6 Å². The molecular weight excluding hydrogens is 353 g/mol. The van der Waals surface area contributed by atoms with E-state index >= 15 is 0 Å². The number of nitrogens with two attached hydrogens (primary N) is 1. The zero-order valence-electron chi connectivity index (χ0n) is 13.9. The first-order valence-electron chi connectivity index (χ1n) is 7.94. The molecule has 1 aliphatic rings. The largest absolute Gasteiger partial charge is 0.353 e. The third kappa shape index (κ3) is 5.61. The highest BCUT2D eigenvalue weighted by molar-refractivity contribution is 7.07. The Hall–Kier alpha value is -0.330. The van der Waals surface area contributed by atoms with Crippen LogP contribution < -0.4 is 11.1 Å². The summed E-state index contributed by atoms with van der Waals surface area (Å²) in [5.74, 6) is 0.0207. The molecule has 7 heteroatoms. The molecule has 1 heterocycles. The number of likely N-dealkylation sites (N-methyl/N-ethyl adjacent to an activating group) is 1. The summed E-state index contributed by atoms with van der Waals surface area (Å²) < 4.78 is 0. The molecule has 0 aliphatic heterocycles. The normalized spacial score (nSPS) is 17.2. The van der Waals surface area contributed by atoms with E-state index in [4.69, 9.17) is 5.73 Å². The second-order valence-corrected chi connectivity index (χ2v) is 6.65. The monoisotopic (exact) mass is 381 g/mol. The van der Waals surface area contributed by atoms with Crippen molar-refractivity contribution in [3.05, 3.63) is 22.4 Å². The molecule has 1 saturated carbocycles. The second-order valence-electron chi connectivity index (χ2n) is 5.87. The van der Waals surface area contributed by atoms with Crippen LogP contribution >= 0.6 is 36.2 Å². The fourth-order valence-electron chi connectivity index (χ4n) is 3.19. The zero-order chi connectivity index (χ0) is 15.3. The third-order valence-electron chi connectivity index (χ3n) is 4.59. The Morgan fingerprint density at radius 3 is 2.43 bits per heavy atom. The fraction of sp³-hybridized carbons (Fsp3) is 0.688. The van der Waals surface area contributed by atoms with E-state index in [1.165, 1.54) is 5.56 Å². The molecule has 0 aromatic carbocycles. The first-order valence-corrected chi connectivity index (χ1v) is 8.88. The molecule has 1 atom stereocenters. The SMILES string of the molecule is CCN(CC)C(CNC(=O)C1(N)CCCC1)c1ccsc1.Cl.Cl. The minimum absolute atomic E-state index is 0. The molecule has 0 bridgehead atoms. The number of amides is 1. The maximum absolute atomic E-state index is 12.4. The highest BCUT2D eigenvalue weighted by Gasteiger charge is 2.37. The van der Waals surface area contributed by atoms with E-state index in [1.54, 1.807) is 11.3 Å². The lowest BCUT2D eigenvalue weighted by Gasteiger charge is -2.31. The molecule has 1 unspecified atom stereocenters. The number of rotatable bonds is 7. The van der Waals surface area contributed by atoms with Gasteiger partial charge in [-0.05, 0) is 48.3 Å². The molecule has 1 amide bonds. The van der Waals surface area contributed by atoms with Gasteiger partial charge in [0.15, 0.2) is 0 Å². The number of hydrogen-bond donors (Lipinski definition) is 2. The quantitative estimate of drug-likeness (QED) is 0.760. The molecule has 134 valence electrons. The van der Waals surface area contributed by atoms with Crippen LogP contribution in [0.1, 0.15) is 51.1 Å². The van der Waals surface area contributed by atoms with Crippen molar-refractivity contribution in [1.29, 1.82) is 0 Å². The first-order chi connectivity index (χ1) is 10.1. The molecule has 0 radical (unpaired) electrons. The second kappa shape index (κ2) is 10.5. The Balaban J connectivity index is 0.00000242. The standard InChI is InChI=1S/C16H27N3OS.2ClH/c1-3-19(4-2)14(13-7-10-21-12-13)11-18-15(20)16(17)8-5-6-9-16;;/h7,10,12,14H,3-6,8-9,11,17H2,1-2H3,(H,18,20);2*1H. The molecule has 2 rings (SSSR count). The molecule has 4 nitrogen and oxygen atoms in total. The van der Waals surface area contributed by atoms with Crippen molar-refractivity contribution in [2.75, 3.05) is 19.6 Å². The Labute approximate surface area is 156 Å². The Morgan fingerprint density at radius 1 is 1.35 bits per heavy atom. The van der Waals surface area contributed by atoms with Gasteiger partial charge in [-0.1, -0.05) is 26.7 Å². The molecule has 0 spiro atoms. The van der Waals surface area contributed by atoms with E-state index in [9.17, 15) is 4.79 Å². The maximum atomic E-state index is 12.4. The molecule has 23 heavy (non-hydrogen) atoms. The van der Waals surface area contributed by atoms with Gasteiger partial charge in [0.1, 0.15) is 0 Å². The average molecular weight is 382 g/mol. The van der Waals surface area contributed by atoms with E-state index in [2.05, 4.69) is 40.9 Å². The lowest BCUT2D eigenvalue weighted by molar-refractivity contribution is -0.126. The predicted octanol–water partition coefficient (Wildman–Crippen LogP) is 3.36. The Morgan fingerprint density at radius 2 is 1.96 bits per heavy atom. The number of thiophene rings is 1. The van der Waals surface area contributed by atoms with Gasteiger partial charge in [0.2, 0.25) is 5.91 Å². The molecule has 1 aromatic rings. The Bertz CT molecular complexity index is 446. The third-order valence-corrected chi connectivity index (χ3v) is 5.29. The van der Waals surface area contributed by atoms with Crippen molar-refractivity contribution >= 4 is 42.1 Å². The van der Waals surface area contributed by atoms with Crippen LogP contribution in [-0.2, 0) is 4.79 Å². The Kier molecular flexibility index (Phi) is 10.4.